The van der Waals surface area contributed by atoms with Gasteiger partial charge in [-0.05, 0) is 72.5 Å². The molecular weight excluding hydrogens is 328 g/mol. The third-order valence-electron chi connectivity index (χ3n) is 4.86. The molecule has 0 saturated heterocycles. The average Bonchev–Trinajstić information content (AvgIpc) is 3.03. The van der Waals surface area contributed by atoms with Crippen molar-refractivity contribution in [2.24, 2.45) is 0 Å². The van der Waals surface area contributed by atoms with Gasteiger partial charge in [-0.15, -0.1) is 0 Å². The lowest BCUT2D eigenvalue weighted by atomic mass is 10.1. The normalized spacial score (nSPS) is 13.0. The standard InChI is InChI=1S/C22H21ClN2/c1-15-5-3-4-6-22(15)24-19-8-7-17-13-25(14-18(17)12-19)20-9-10-21(23)16(2)11-20/h3-12,24H,13-14H2,1-2H3. The average molecular weight is 349 g/mol. The van der Waals surface area contributed by atoms with Crippen LogP contribution in [0.4, 0.5) is 17.1 Å². The van der Waals surface area contributed by atoms with Crippen LogP contribution in [-0.2, 0) is 13.1 Å². The Labute approximate surface area is 154 Å². The van der Waals surface area contributed by atoms with Crippen LogP contribution in [0.5, 0.6) is 0 Å². The van der Waals surface area contributed by atoms with Crippen molar-refractivity contribution in [2.75, 3.05) is 10.2 Å². The second kappa shape index (κ2) is 6.45. The molecule has 2 nitrogen and oxygen atoms in total. The largest absolute Gasteiger partial charge is 0.363 e. The number of halogens is 1. The Morgan fingerprint density at radius 1 is 0.840 bits per heavy atom. The summed E-state index contributed by atoms with van der Waals surface area (Å²) in [7, 11) is 0. The molecule has 1 heterocycles. The first-order valence-corrected chi connectivity index (χ1v) is 8.93. The molecule has 0 aromatic heterocycles. The maximum Gasteiger partial charge on any atom is 0.0437 e. The fourth-order valence-electron chi connectivity index (χ4n) is 3.35. The van der Waals surface area contributed by atoms with E-state index in [2.05, 4.69) is 78.7 Å². The summed E-state index contributed by atoms with van der Waals surface area (Å²) in [6, 6.07) is 21.3. The first-order chi connectivity index (χ1) is 12.1. The van der Waals surface area contributed by atoms with E-state index < -0.39 is 0 Å². The highest BCUT2D eigenvalue weighted by Crippen LogP contribution is 2.32. The summed E-state index contributed by atoms with van der Waals surface area (Å²) < 4.78 is 0. The molecule has 0 bridgehead atoms. The molecule has 0 fully saturated rings. The fraction of sp³-hybridized carbons (Fsp3) is 0.182. The summed E-state index contributed by atoms with van der Waals surface area (Å²) in [6.07, 6.45) is 0. The third-order valence-corrected chi connectivity index (χ3v) is 5.28. The predicted molar refractivity (Wildman–Crippen MR) is 107 cm³/mol. The Bertz CT molecular complexity index is 933. The highest BCUT2D eigenvalue weighted by atomic mass is 35.5. The molecule has 25 heavy (non-hydrogen) atoms. The smallest absolute Gasteiger partial charge is 0.0437 e. The Balaban J connectivity index is 1.56. The number of hydrogen-bond donors (Lipinski definition) is 1. The molecule has 126 valence electrons. The van der Waals surface area contributed by atoms with Crippen molar-refractivity contribution >= 4 is 28.7 Å². The number of fused-ring (bicyclic) bond motifs is 1. The molecular formula is C22H21ClN2. The topological polar surface area (TPSA) is 15.3 Å². The predicted octanol–water partition coefficient (Wildman–Crippen LogP) is 6.22. The molecule has 0 radical (unpaired) electrons. The van der Waals surface area contributed by atoms with Crippen LogP contribution >= 0.6 is 11.6 Å². The number of nitrogens with zero attached hydrogens (tertiary/aromatic N) is 1. The molecule has 0 spiro atoms. The van der Waals surface area contributed by atoms with Crippen molar-refractivity contribution in [1.82, 2.24) is 0 Å². The van der Waals surface area contributed by atoms with Gasteiger partial charge in [-0.25, -0.2) is 0 Å². The number of benzene rings is 3. The minimum atomic E-state index is 0.824. The van der Waals surface area contributed by atoms with Gasteiger partial charge in [0.1, 0.15) is 0 Å². The van der Waals surface area contributed by atoms with Crippen molar-refractivity contribution in [3.63, 3.8) is 0 Å². The summed E-state index contributed by atoms with van der Waals surface area (Å²) in [4.78, 5) is 2.39. The lowest BCUT2D eigenvalue weighted by Crippen LogP contribution is -2.14. The van der Waals surface area contributed by atoms with Gasteiger partial charge in [0, 0.05) is 35.2 Å². The van der Waals surface area contributed by atoms with E-state index >= 15 is 0 Å². The highest BCUT2D eigenvalue weighted by molar-refractivity contribution is 6.31. The van der Waals surface area contributed by atoms with Gasteiger partial charge in [0.25, 0.3) is 0 Å². The molecule has 0 aliphatic carbocycles. The molecule has 1 aliphatic rings. The van der Waals surface area contributed by atoms with E-state index in [1.807, 2.05) is 6.07 Å². The fourth-order valence-corrected chi connectivity index (χ4v) is 3.47. The van der Waals surface area contributed by atoms with Crippen LogP contribution in [0.3, 0.4) is 0 Å². The quantitative estimate of drug-likeness (QED) is 0.604. The number of para-hydroxylation sites is 1. The summed E-state index contributed by atoms with van der Waals surface area (Å²) >= 11 is 6.16. The van der Waals surface area contributed by atoms with Gasteiger partial charge >= 0.3 is 0 Å². The first-order valence-electron chi connectivity index (χ1n) is 8.56. The molecule has 0 saturated carbocycles. The number of aryl methyl sites for hydroxylation is 2. The Kier molecular flexibility index (Phi) is 4.14. The van der Waals surface area contributed by atoms with Crippen molar-refractivity contribution in [3.8, 4) is 0 Å². The minimum Gasteiger partial charge on any atom is -0.363 e. The molecule has 4 rings (SSSR count). The van der Waals surface area contributed by atoms with Gasteiger partial charge < -0.3 is 10.2 Å². The summed E-state index contributed by atoms with van der Waals surface area (Å²) in [5.41, 5.74) is 8.67. The molecule has 3 aromatic rings. The maximum atomic E-state index is 6.16. The van der Waals surface area contributed by atoms with Crippen molar-refractivity contribution < 1.29 is 0 Å². The molecule has 3 heteroatoms. The van der Waals surface area contributed by atoms with E-state index in [-0.39, 0.29) is 0 Å². The van der Waals surface area contributed by atoms with Crippen LogP contribution in [0.1, 0.15) is 22.3 Å². The van der Waals surface area contributed by atoms with Crippen LogP contribution in [0, 0.1) is 13.8 Å². The van der Waals surface area contributed by atoms with Crippen LogP contribution in [0.2, 0.25) is 5.02 Å². The monoisotopic (exact) mass is 348 g/mol. The highest BCUT2D eigenvalue weighted by Gasteiger charge is 2.20. The third kappa shape index (κ3) is 3.22. The number of anilines is 3. The first kappa shape index (κ1) is 16.0. The zero-order chi connectivity index (χ0) is 17.4. The van der Waals surface area contributed by atoms with E-state index in [4.69, 9.17) is 11.6 Å². The van der Waals surface area contributed by atoms with Gasteiger partial charge in [-0.2, -0.15) is 0 Å². The van der Waals surface area contributed by atoms with Crippen LogP contribution in [0.15, 0.2) is 60.7 Å². The lowest BCUT2D eigenvalue weighted by molar-refractivity contribution is 0.880. The Morgan fingerprint density at radius 3 is 2.44 bits per heavy atom. The second-order valence-corrected chi connectivity index (χ2v) is 7.12. The maximum absolute atomic E-state index is 6.16. The van der Waals surface area contributed by atoms with E-state index in [9.17, 15) is 0 Å². The van der Waals surface area contributed by atoms with Crippen molar-refractivity contribution in [3.05, 3.63) is 87.9 Å². The molecule has 0 amide bonds. The molecule has 3 aromatic carbocycles. The van der Waals surface area contributed by atoms with Gasteiger partial charge in [0.05, 0.1) is 0 Å². The molecule has 0 atom stereocenters. The summed E-state index contributed by atoms with van der Waals surface area (Å²) in [6.45, 7) is 6.06. The van der Waals surface area contributed by atoms with E-state index in [1.54, 1.807) is 0 Å². The minimum absolute atomic E-state index is 0.824. The zero-order valence-corrected chi connectivity index (χ0v) is 15.3. The van der Waals surface area contributed by atoms with Gasteiger partial charge in [0.15, 0.2) is 0 Å². The molecule has 1 N–H and O–H groups in total. The molecule has 0 unspecified atom stereocenters. The Morgan fingerprint density at radius 2 is 1.64 bits per heavy atom. The van der Waals surface area contributed by atoms with Crippen LogP contribution < -0.4 is 10.2 Å². The van der Waals surface area contributed by atoms with Crippen molar-refractivity contribution in [1.29, 1.82) is 0 Å². The van der Waals surface area contributed by atoms with E-state index in [0.29, 0.717) is 0 Å². The van der Waals surface area contributed by atoms with E-state index in [1.165, 1.54) is 22.4 Å². The SMILES string of the molecule is Cc1cc(N2Cc3ccc(Nc4ccccc4C)cc3C2)ccc1Cl. The zero-order valence-electron chi connectivity index (χ0n) is 14.5. The number of hydrogen-bond acceptors (Lipinski definition) is 2. The Hall–Kier alpha value is -2.45. The van der Waals surface area contributed by atoms with Gasteiger partial charge in [-0.1, -0.05) is 35.9 Å². The second-order valence-electron chi connectivity index (χ2n) is 6.71. The number of rotatable bonds is 3. The number of nitrogens with one attached hydrogen (secondary N) is 1. The summed E-state index contributed by atoms with van der Waals surface area (Å²) in [5.74, 6) is 0. The van der Waals surface area contributed by atoms with Gasteiger partial charge in [-0.3, -0.25) is 0 Å². The summed E-state index contributed by atoms with van der Waals surface area (Å²) in [5, 5.41) is 4.36. The van der Waals surface area contributed by atoms with Crippen LogP contribution in [-0.4, -0.2) is 0 Å². The van der Waals surface area contributed by atoms with Crippen LogP contribution in [0.25, 0.3) is 0 Å². The van der Waals surface area contributed by atoms with E-state index in [0.717, 1.165) is 35.1 Å². The molecule has 1 aliphatic heterocycles. The van der Waals surface area contributed by atoms with Gasteiger partial charge in [0.2, 0.25) is 0 Å². The lowest BCUT2D eigenvalue weighted by Gasteiger charge is -2.18. The van der Waals surface area contributed by atoms with Crippen molar-refractivity contribution in [2.45, 2.75) is 26.9 Å².